The normalized spacial score (nSPS) is 17.7. The lowest BCUT2D eigenvalue weighted by Crippen LogP contribution is -2.19. The minimum absolute atomic E-state index is 0.232. The lowest BCUT2D eigenvalue weighted by Gasteiger charge is -2.13. The van der Waals surface area contributed by atoms with Gasteiger partial charge in [-0.15, -0.1) is 0 Å². The van der Waals surface area contributed by atoms with Gasteiger partial charge in [-0.1, -0.05) is 18.2 Å². The summed E-state index contributed by atoms with van der Waals surface area (Å²) in [6.07, 6.45) is 4.41. The molecule has 0 aliphatic carbocycles. The average molecular weight is 309 g/mol. The zero-order valence-corrected chi connectivity index (χ0v) is 12.8. The van der Waals surface area contributed by atoms with Crippen LogP contribution in [0.1, 0.15) is 12.8 Å². The number of phenols is 1. The van der Waals surface area contributed by atoms with Crippen molar-refractivity contribution in [1.29, 1.82) is 0 Å². The summed E-state index contributed by atoms with van der Waals surface area (Å²) in [5, 5.41) is 13.7. The van der Waals surface area contributed by atoms with E-state index in [2.05, 4.69) is 10.3 Å². The molecule has 1 saturated heterocycles. The number of anilines is 1. The van der Waals surface area contributed by atoms with Gasteiger partial charge >= 0.3 is 0 Å². The number of ether oxygens (including phenoxy) is 1. The Hall–Kier alpha value is -2.53. The lowest BCUT2D eigenvalue weighted by atomic mass is 10.1. The van der Waals surface area contributed by atoms with Crippen LogP contribution in [0.3, 0.4) is 0 Å². The summed E-state index contributed by atoms with van der Waals surface area (Å²) < 4.78 is 7.70. The molecule has 1 atom stereocenters. The topological polar surface area (TPSA) is 58.8 Å². The first kappa shape index (κ1) is 14.1. The highest BCUT2D eigenvalue weighted by molar-refractivity contribution is 5.80. The van der Waals surface area contributed by atoms with Crippen molar-refractivity contribution in [2.24, 2.45) is 0 Å². The van der Waals surface area contributed by atoms with E-state index < -0.39 is 0 Å². The molecule has 2 aromatic heterocycles. The number of para-hydroxylation sites is 1. The molecule has 1 aliphatic rings. The van der Waals surface area contributed by atoms with Crippen LogP contribution in [0.5, 0.6) is 5.75 Å². The number of nitrogens with one attached hydrogen (secondary N) is 1. The smallest absolute Gasteiger partial charge is 0.139 e. The molecular formula is C18H19N3O2. The van der Waals surface area contributed by atoms with Gasteiger partial charge in [0.05, 0.1) is 6.10 Å². The molecule has 0 saturated carbocycles. The van der Waals surface area contributed by atoms with Crippen LogP contribution in [-0.4, -0.2) is 33.7 Å². The maximum Gasteiger partial charge on any atom is 0.139 e. The van der Waals surface area contributed by atoms with Crippen molar-refractivity contribution >= 4 is 11.5 Å². The number of aromatic nitrogens is 2. The number of aromatic hydroxyl groups is 1. The fraction of sp³-hybridized carbons (Fsp3) is 0.278. The molecule has 5 heteroatoms. The van der Waals surface area contributed by atoms with Crippen LogP contribution in [0.25, 0.3) is 16.9 Å². The van der Waals surface area contributed by atoms with Crippen LogP contribution in [-0.2, 0) is 4.74 Å². The van der Waals surface area contributed by atoms with Crippen molar-refractivity contribution in [2.75, 3.05) is 18.5 Å². The van der Waals surface area contributed by atoms with Gasteiger partial charge in [0.15, 0.2) is 0 Å². The van der Waals surface area contributed by atoms with Crippen molar-refractivity contribution in [3.63, 3.8) is 0 Å². The van der Waals surface area contributed by atoms with E-state index in [1.807, 2.05) is 47.0 Å². The maximum atomic E-state index is 10.2. The molecule has 3 heterocycles. The predicted molar refractivity (Wildman–Crippen MR) is 89.8 cm³/mol. The van der Waals surface area contributed by atoms with Crippen molar-refractivity contribution < 1.29 is 9.84 Å². The Labute approximate surface area is 134 Å². The molecule has 3 aromatic rings. The van der Waals surface area contributed by atoms with Crippen LogP contribution >= 0.6 is 0 Å². The average Bonchev–Trinajstić information content (AvgIpc) is 3.21. The second-order valence-electron chi connectivity index (χ2n) is 5.77. The largest absolute Gasteiger partial charge is 0.507 e. The van der Waals surface area contributed by atoms with Crippen LogP contribution in [0.4, 0.5) is 5.82 Å². The molecule has 118 valence electrons. The molecule has 0 spiro atoms. The van der Waals surface area contributed by atoms with Gasteiger partial charge < -0.3 is 15.2 Å². The Morgan fingerprint density at radius 1 is 1.22 bits per heavy atom. The van der Waals surface area contributed by atoms with Gasteiger partial charge in [-0.2, -0.15) is 0 Å². The quantitative estimate of drug-likeness (QED) is 0.776. The highest BCUT2D eigenvalue weighted by Crippen LogP contribution is 2.34. The molecule has 0 amide bonds. The van der Waals surface area contributed by atoms with E-state index in [4.69, 9.17) is 4.74 Å². The molecule has 23 heavy (non-hydrogen) atoms. The van der Waals surface area contributed by atoms with Crippen molar-refractivity contribution in [1.82, 2.24) is 9.38 Å². The summed E-state index contributed by atoms with van der Waals surface area (Å²) in [6.45, 7) is 1.58. The van der Waals surface area contributed by atoms with Crippen molar-refractivity contribution in [3.8, 4) is 17.0 Å². The molecule has 0 bridgehead atoms. The van der Waals surface area contributed by atoms with E-state index in [0.29, 0.717) is 0 Å². The summed E-state index contributed by atoms with van der Waals surface area (Å²) in [6, 6.07) is 13.2. The van der Waals surface area contributed by atoms with Gasteiger partial charge in [0.2, 0.25) is 0 Å². The number of fused-ring (bicyclic) bond motifs is 1. The molecule has 2 N–H and O–H groups in total. The second-order valence-corrected chi connectivity index (χ2v) is 5.77. The Morgan fingerprint density at radius 2 is 2.09 bits per heavy atom. The van der Waals surface area contributed by atoms with Gasteiger partial charge in [-0.05, 0) is 37.1 Å². The van der Waals surface area contributed by atoms with E-state index >= 15 is 0 Å². The Morgan fingerprint density at radius 3 is 2.91 bits per heavy atom. The summed E-state index contributed by atoms with van der Waals surface area (Å²) in [4.78, 5) is 4.69. The van der Waals surface area contributed by atoms with Gasteiger partial charge in [0.1, 0.15) is 22.9 Å². The SMILES string of the molecule is Oc1ccccc1-c1nc2ccccn2c1NC[C@H]1CCCO1. The lowest BCUT2D eigenvalue weighted by molar-refractivity contribution is 0.120. The Bertz CT molecular complexity index is 822. The number of hydrogen-bond acceptors (Lipinski definition) is 4. The highest BCUT2D eigenvalue weighted by Gasteiger charge is 2.19. The van der Waals surface area contributed by atoms with Crippen LogP contribution in [0, 0.1) is 0 Å². The summed E-state index contributed by atoms with van der Waals surface area (Å²) in [7, 11) is 0. The fourth-order valence-corrected chi connectivity index (χ4v) is 3.04. The molecule has 5 nitrogen and oxygen atoms in total. The standard InChI is InChI=1S/C18H19N3O2/c22-15-8-2-1-7-14(15)17-18(19-12-13-6-5-11-23-13)21-10-4-3-9-16(21)20-17/h1-4,7-10,13,19,22H,5-6,11-12H2/t13-/m1/s1. The van der Waals surface area contributed by atoms with E-state index in [1.54, 1.807) is 6.07 Å². The van der Waals surface area contributed by atoms with Gasteiger partial charge in [-0.3, -0.25) is 4.40 Å². The number of benzene rings is 1. The van der Waals surface area contributed by atoms with Gasteiger partial charge in [0, 0.05) is 24.9 Å². The zero-order valence-electron chi connectivity index (χ0n) is 12.8. The number of pyridine rings is 1. The van der Waals surface area contributed by atoms with Crippen LogP contribution in [0.15, 0.2) is 48.7 Å². The number of imidazole rings is 1. The zero-order chi connectivity index (χ0) is 15.6. The monoisotopic (exact) mass is 309 g/mol. The van der Waals surface area contributed by atoms with Crippen molar-refractivity contribution in [2.45, 2.75) is 18.9 Å². The van der Waals surface area contributed by atoms with E-state index in [-0.39, 0.29) is 11.9 Å². The third-order valence-electron chi connectivity index (χ3n) is 4.21. The molecule has 1 fully saturated rings. The van der Waals surface area contributed by atoms with Gasteiger partial charge in [-0.25, -0.2) is 4.98 Å². The number of hydrogen-bond donors (Lipinski definition) is 2. The Kier molecular flexibility index (Phi) is 3.63. The maximum absolute atomic E-state index is 10.2. The molecule has 4 rings (SSSR count). The minimum Gasteiger partial charge on any atom is -0.507 e. The molecule has 0 unspecified atom stereocenters. The van der Waals surface area contributed by atoms with E-state index in [9.17, 15) is 5.11 Å². The number of nitrogens with zero attached hydrogens (tertiary/aromatic N) is 2. The van der Waals surface area contributed by atoms with Crippen molar-refractivity contribution in [3.05, 3.63) is 48.7 Å². The molecular weight excluding hydrogens is 290 g/mol. The summed E-state index contributed by atoms with van der Waals surface area (Å²) in [5.74, 6) is 1.12. The molecule has 0 radical (unpaired) electrons. The molecule has 1 aromatic carbocycles. The van der Waals surface area contributed by atoms with Crippen LogP contribution < -0.4 is 5.32 Å². The summed E-state index contributed by atoms with van der Waals surface area (Å²) >= 11 is 0. The first-order valence-corrected chi connectivity index (χ1v) is 7.94. The van der Waals surface area contributed by atoms with Gasteiger partial charge in [0.25, 0.3) is 0 Å². The van der Waals surface area contributed by atoms with Crippen LogP contribution in [0.2, 0.25) is 0 Å². The predicted octanol–water partition coefficient (Wildman–Crippen LogP) is 3.30. The Balaban J connectivity index is 1.76. The second kappa shape index (κ2) is 5.93. The van der Waals surface area contributed by atoms with E-state index in [1.165, 1.54) is 0 Å². The minimum atomic E-state index is 0.232. The summed E-state index contributed by atoms with van der Waals surface area (Å²) in [5.41, 5.74) is 2.33. The van der Waals surface area contributed by atoms with E-state index in [0.717, 1.165) is 48.7 Å². The fourth-order valence-electron chi connectivity index (χ4n) is 3.04. The number of phenolic OH excluding ortho intramolecular Hbond substituents is 1. The first-order chi connectivity index (χ1) is 11.3. The molecule has 1 aliphatic heterocycles. The highest BCUT2D eigenvalue weighted by atomic mass is 16.5. The third-order valence-corrected chi connectivity index (χ3v) is 4.21. The third kappa shape index (κ3) is 2.64. The number of rotatable bonds is 4. The first-order valence-electron chi connectivity index (χ1n) is 7.94.